The molecule has 0 amide bonds. The SMILES string of the molecule is CC.CCS(C)(C)CCOCn1ccc2c(C)ncnc21. The van der Waals surface area contributed by atoms with Crippen molar-refractivity contribution in [1.82, 2.24) is 14.5 Å². The summed E-state index contributed by atoms with van der Waals surface area (Å²) in [5.41, 5.74) is 1.97. The molecule has 0 bridgehead atoms. The fraction of sp³-hybridized carbons (Fsp3) is 0.625. The van der Waals surface area contributed by atoms with Crippen LogP contribution in [0.2, 0.25) is 0 Å². The molecule has 21 heavy (non-hydrogen) atoms. The highest BCUT2D eigenvalue weighted by atomic mass is 32.3. The maximum absolute atomic E-state index is 5.79. The number of aryl methyl sites for hydroxylation is 1. The largest absolute Gasteiger partial charge is 0.360 e. The van der Waals surface area contributed by atoms with Crippen LogP contribution >= 0.6 is 10.0 Å². The van der Waals surface area contributed by atoms with E-state index in [4.69, 9.17) is 4.74 Å². The maximum Gasteiger partial charge on any atom is 0.145 e. The molecule has 0 fully saturated rings. The van der Waals surface area contributed by atoms with Crippen molar-refractivity contribution in [1.29, 1.82) is 0 Å². The molecule has 2 aromatic rings. The fourth-order valence-electron chi connectivity index (χ4n) is 1.83. The Hall–Kier alpha value is -1.07. The summed E-state index contributed by atoms with van der Waals surface area (Å²) in [4.78, 5) is 8.52. The lowest BCUT2D eigenvalue weighted by molar-refractivity contribution is 0.0923. The average Bonchev–Trinajstić information content (AvgIpc) is 2.91. The van der Waals surface area contributed by atoms with Crippen molar-refractivity contribution in [3.8, 4) is 0 Å². The van der Waals surface area contributed by atoms with Crippen molar-refractivity contribution in [3.05, 3.63) is 24.3 Å². The van der Waals surface area contributed by atoms with Gasteiger partial charge in [-0.3, -0.25) is 0 Å². The summed E-state index contributed by atoms with van der Waals surface area (Å²) in [5.74, 6) is 2.42. The van der Waals surface area contributed by atoms with Crippen LogP contribution in [-0.2, 0) is 11.5 Å². The van der Waals surface area contributed by atoms with E-state index >= 15 is 0 Å². The zero-order valence-corrected chi connectivity index (χ0v) is 15.0. The Kier molecular flexibility index (Phi) is 7.18. The van der Waals surface area contributed by atoms with Gasteiger partial charge in [-0.2, -0.15) is 0 Å². The number of hydrogen-bond acceptors (Lipinski definition) is 3. The van der Waals surface area contributed by atoms with Crippen molar-refractivity contribution >= 4 is 21.1 Å². The van der Waals surface area contributed by atoms with Crippen LogP contribution in [0.15, 0.2) is 18.6 Å². The summed E-state index contributed by atoms with van der Waals surface area (Å²) in [6.07, 6.45) is 8.35. The zero-order chi connectivity index (χ0) is 15.9. The van der Waals surface area contributed by atoms with Crippen LogP contribution in [0.25, 0.3) is 11.0 Å². The van der Waals surface area contributed by atoms with Crippen LogP contribution in [-0.4, -0.2) is 45.2 Å². The minimum absolute atomic E-state index is 0.470. The average molecular weight is 311 g/mol. The summed E-state index contributed by atoms with van der Waals surface area (Å²) < 4.78 is 7.83. The molecule has 0 saturated carbocycles. The second-order valence-electron chi connectivity index (χ2n) is 5.28. The van der Waals surface area contributed by atoms with Gasteiger partial charge in [0.25, 0.3) is 0 Å². The molecule has 0 radical (unpaired) electrons. The molecule has 2 heterocycles. The molecule has 0 aromatic carbocycles. The van der Waals surface area contributed by atoms with E-state index in [0.29, 0.717) is 6.73 Å². The van der Waals surface area contributed by atoms with E-state index in [2.05, 4.69) is 35.5 Å². The first kappa shape index (κ1) is 18.0. The molecule has 0 N–H and O–H groups in total. The lowest BCUT2D eigenvalue weighted by Gasteiger charge is -2.29. The second-order valence-corrected chi connectivity index (χ2v) is 9.80. The summed E-state index contributed by atoms with van der Waals surface area (Å²) in [6, 6.07) is 2.05. The van der Waals surface area contributed by atoms with Gasteiger partial charge in [0, 0.05) is 17.3 Å². The molecular weight excluding hydrogens is 282 g/mol. The number of ether oxygens (including phenoxy) is 1. The number of hydrogen-bond donors (Lipinski definition) is 0. The smallest absolute Gasteiger partial charge is 0.145 e. The lowest BCUT2D eigenvalue weighted by atomic mass is 10.3. The van der Waals surface area contributed by atoms with Gasteiger partial charge in [0.05, 0.1) is 12.3 Å². The third-order valence-corrected chi connectivity index (χ3v) is 6.38. The van der Waals surface area contributed by atoms with Gasteiger partial charge in [-0.15, -0.1) is 0 Å². The van der Waals surface area contributed by atoms with Crippen molar-refractivity contribution in [2.24, 2.45) is 0 Å². The standard InChI is InChI=1S/C14H23N3OS.C2H6/c1-5-19(3,4)9-8-18-11-17-7-6-13-12(2)15-10-16-14(13)17;1-2/h6-7,10H,5,8-9,11H2,1-4H3;1-2H3. The monoisotopic (exact) mass is 311 g/mol. The molecular formula is C16H29N3OS. The zero-order valence-electron chi connectivity index (χ0n) is 14.2. The van der Waals surface area contributed by atoms with Gasteiger partial charge in [0.15, 0.2) is 0 Å². The highest BCUT2D eigenvalue weighted by molar-refractivity contribution is 8.32. The topological polar surface area (TPSA) is 39.9 Å². The van der Waals surface area contributed by atoms with Crippen molar-refractivity contribution in [3.63, 3.8) is 0 Å². The Morgan fingerprint density at radius 1 is 1.24 bits per heavy atom. The van der Waals surface area contributed by atoms with E-state index in [9.17, 15) is 0 Å². The third-order valence-electron chi connectivity index (χ3n) is 3.55. The molecule has 120 valence electrons. The van der Waals surface area contributed by atoms with E-state index in [1.54, 1.807) is 6.33 Å². The number of fused-ring (bicyclic) bond motifs is 1. The van der Waals surface area contributed by atoms with Crippen LogP contribution in [0.1, 0.15) is 26.5 Å². The van der Waals surface area contributed by atoms with Gasteiger partial charge in [-0.25, -0.2) is 20.0 Å². The quantitative estimate of drug-likeness (QED) is 0.761. The molecule has 0 unspecified atom stereocenters. The molecule has 5 heteroatoms. The molecule has 0 aliphatic carbocycles. The Morgan fingerprint density at radius 2 is 1.95 bits per heavy atom. The van der Waals surface area contributed by atoms with E-state index in [1.807, 2.05) is 31.5 Å². The van der Waals surface area contributed by atoms with Crippen molar-refractivity contribution < 1.29 is 4.74 Å². The first-order valence-electron chi connectivity index (χ1n) is 7.56. The molecule has 0 atom stereocenters. The molecule has 4 nitrogen and oxygen atoms in total. The van der Waals surface area contributed by atoms with Crippen LogP contribution < -0.4 is 0 Å². The van der Waals surface area contributed by atoms with Gasteiger partial charge < -0.3 is 9.30 Å². The van der Waals surface area contributed by atoms with Crippen molar-refractivity contribution in [2.75, 3.05) is 30.6 Å². The second kappa shape index (κ2) is 8.39. The van der Waals surface area contributed by atoms with Crippen molar-refractivity contribution in [2.45, 2.75) is 34.4 Å². The summed E-state index contributed by atoms with van der Waals surface area (Å²) in [6.45, 7) is 9.65. The summed E-state index contributed by atoms with van der Waals surface area (Å²) >= 11 is 0. The maximum atomic E-state index is 5.79. The number of nitrogens with zero attached hydrogens (tertiary/aromatic N) is 3. The van der Waals surface area contributed by atoms with E-state index in [1.165, 1.54) is 5.75 Å². The minimum atomic E-state index is -0.470. The van der Waals surface area contributed by atoms with Crippen LogP contribution in [0.3, 0.4) is 0 Å². The van der Waals surface area contributed by atoms with Gasteiger partial charge in [0.1, 0.15) is 18.7 Å². The predicted octanol–water partition coefficient (Wildman–Crippen LogP) is 3.82. The predicted molar refractivity (Wildman–Crippen MR) is 94.4 cm³/mol. The summed E-state index contributed by atoms with van der Waals surface area (Å²) in [7, 11) is -0.470. The Balaban J connectivity index is 0.00000106. The molecule has 0 aliphatic heterocycles. The first-order chi connectivity index (χ1) is 10.0. The Morgan fingerprint density at radius 3 is 2.62 bits per heavy atom. The summed E-state index contributed by atoms with van der Waals surface area (Å²) in [5, 5.41) is 1.10. The molecule has 2 aromatic heterocycles. The molecule has 2 rings (SSSR count). The van der Waals surface area contributed by atoms with Gasteiger partial charge >= 0.3 is 0 Å². The lowest BCUT2D eigenvalue weighted by Crippen LogP contribution is -2.12. The van der Waals surface area contributed by atoms with E-state index in [-0.39, 0.29) is 0 Å². The van der Waals surface area contributed by atoms with Crippen LogP contribution in [0.5, 0.6) is 0 Å². The number of rotatable bonds is 6. The van der Waals surface area contributed by atoms with Gasteiger partial charge in [0.2, 0.25) is 0 Å². The molecule has 0 saturated heterocycles. The minimum Gasteiger partial charge on any atom is -0.360 e. The fourth-order valence-corrected chi connectivity index (χ4v) is 2.68. The van der Waals surface area contributed by atoms with E-state index in [0.717, 1.165) is 29.1 Å². The third kappa shape index (κ3) is 5.00. The van der Waals surface area contributed by atoms with E-state index < -0.39 is 10.0 Å². The van der Waals surface area contributed by atoms with Gasteiger partial charge in [-0.05, 0) is 31.3 Å². The number of aromatic nitrogens is 3. The highest BCUT2D eigenvalue weighted by Gasteiger charge is 2.09. The molecule has 0 spiro atoms. The van der Waals surface area contributed by atoms with Gasteiger partial charge in [-0.1, -0.05) is 20.8 Å². The first-order valence-corrected chi connectivity index (χ1v) is 10.3. The molecule has 0 aliphatic rings. The highest BCUT2D eigenvalue weighted by Crippen LogP contribution is 2.38. The Bertz CT molecular complexity index is 551. The van der Waals surface area contributed by atoms with Crippen LogP contribution in [0.4, 0.5) is 0 Å². The van der Waals surface area contributed by atoms with Crippen LogP contribution in [0, 0.1) is 6.92 Å². The normalized spacial score (nSPS) is 12.1. The Labute approximate surface area is 130 Å².